The number of carbonyl (C=O) groups is 1. The van der Waals surface area contributed by atoms with Crippen molar-refractivity contribution in [2.45, 2.75) is 19.4 Å². The van der Waals surface area contributed by atoms with Gasteiger partial charge in [0.15, 0.2) is 0 Å². The number of aromatic amines is 1. The van der Waals surface area contributed by atoms with Crippen molar-refractivity contribution < 1.29 is 4.79 Å². The molecule has 7 heteroatoms. The summed E-state index contributed by atoms with van der Waals surface area (Å²) in [6, 6.07) is 13.6. The zero-order valence-corrected chi connectivity index (χ0v) is 17.0. The highest BCUT2D eigenvalue weighted by atomic mass is 16.2. The van der Waals surface area contributed by atoms with Crippen molar-refractivity contribution in [1.29, 1.82) is 0 Å². The predicted molar refractivity (Wildman–Crippen MR) is 116 cm³/mol. The minimum Gasteiger partial charge on any atom is -0.345 e. The molecule has 3 aromatic rings. The average molecular weight is 390 g/mol. The number of imidazole rings is 1. The Morgan fingerprint density at radius 3 is 2.86 bits per heavy atom. The largest absolute Gasteiger partial charge is 0.345 e. The number of fused-ring (bicyclic) bond motifs is 1. The number of carbonyl (C=O) groups excluding carboxylic acids is 1. The van der Waals surface area contributed by atoms with Gasteiger partial charge in [-0.25, -0.2) is 9.78 Å². The number of aromatic nitrogens is 2. The van der Waals surface area contributed by atoms with Crippen LogP contribution in [0.25, 0.3) is 11.0 Å². The van der Waals surface area contributed by atoms with Crippen LogP contribution in [0.15, 0.2) is 53.8 Å². The molecule has 1 fully saturated rings. The third-order valence-electron chi connectivity index (χ3n) is 5.06. The molecule has 1 atom stereocenters. The first-order valence-electron chi connectivity index (χ1n) is 9.82. The van der Waals surface area contributed by atoms with Crippen molar-refractivity contribution in [3.05, 3.63) is 59.9 Å². The van der Waals surface area contributed by atoms with E-state index in [0.717, 1.165) is 40.8 Å². The highest BCUT2D eigenvalue weighted by Gasteiger charge is 2.38. The second-order valence-corrected chi connectivity index (χ2v) is 7.64. The summed E-state index contributed by atoms with van der Waals surface area (Å²) in [6.45, 7) is 3.68. The van der Waals surface area contributed by atoms with E-state index in [1.807, 2.05) is 44.4 Å². The lowest BCUT2D eigenvalue weighted by atomic mass is 10.0. The van der Waals surface area contributed by atoms with E-state index in [1.165, 1.54) is 0 Å². The maximum atomic E-state index is 13.0. The molecule has 4 rings (SSSR count). The summed E-state index contributed by atoms with van der Waals surface area (Å²) in [5, 5.41) is 3.00. The molecule has 2 N–H and O–H groups in total. The van der Waals surface area contributed by atoms with Gasteiger partial charge < -0.3 is 9.88 Å². The van der Waals surface area contributed by atoms with Crippen LogP contribution in [0.1, 0.15) is 23.6 Å². The van der Waals surface area contributed by atoms with Gasteiger partial charge in [-0.15, -0.1) is 0 Å². The van der Waals surface area contributed by atoms with Gasteiger partial charge in [0.2, 0.25) is 0 Å². The van der Waals surface area contributed by atoms with E-state index in [9.17, 15) is 4.79 Å². The van der Waals surface area contributed by atoms with Crippen molar-refractivity contribution in [2.75, 3.05) is 32.1 Å². The van der Waals surface area contributed by atoms with E-state index < -0.39 is 0 Å². The fraction of sp³-hybridized carbons (Fsp3) is 0.318. The lowest BCUT2D eigenvalue weighted by molar-refractivity contribution is 0.252. The molecule has 2 amide bonds. The standard InChI is InChI=1S/C22H26N6O/c1-15-6-4-7-16(12-15)20-21(23-10-5-11-27(2)3)26-22(29)28(20)17-8-9-18-19(13-17)25-14-24-18/h4,6-9,12-14,20H,5,10-11H2,1-3H3,(H,24,25)(H,23,26,29). The Hall–Kier alpha value is -3.19. The molecule has 0 saturated carbocycles. The molecular weight excluding hydrogens is 364 g/mol. The van der Waals surface area contributed by atoms with Crippen molar-refractivity contribution >= 4 is 28.6 Å². The quantitative estimate of drug-likeness (QED) is 0.633. The zero-order valence-electron chi connectivity index (χ0n) is 17.0. The number of amides is 2. The highest BCUT2D eigenvalue weighted by Crippen LogP contribution is 2.33. The number of hydrogen-bond donors (Lipinski definition) is 2. The molecule has 1 aliphatic rings. The molecule has 7 nitrogen and oxygen atoms in total. The predicted octanol–water partition coefficient (Wildman–Crippen LogP) is 3.49. The molecule has 2 heterocycles. The van der Waals surface area contributed by atoms with Crippen molar-refractivity contribution in [3.8, 4) is 0 Å². The van der Waals surface area contributed by atoms with Gasteiger partial charge in [-0.1, -0.05) is 29.8 Å². The maximum Gasteiger partial charge on any atom is 0.328 e. The van der Waals surface area contributed by atoms with Crippen molar-refractivity contribution in [1.82, 2.24) is 20.2 Å². The second-order valence-electron chi connectivity index (χ2n) is 7.64. The Bertz CT molecular complexity index is 1050. The van der Waals surface area contributed by atoms with Gasteiger partial charge >= 0.3 is 6.03 Å². The number of hydrogen-bond acceptors (Lipinski definition) is 4. The average Bonchev–Trinajstić information content (AvgIpc) is 3.28. The van der Waals surface area contributed by atoms with E-state index in [-0.39, 0.29) is 12.1 Å². The van der Waals surface area contributed by atoms with E-state index in [2.05, 4.69) is 39.2 Å². The molecule has 0 spiro atoms. The number of urea groups is 1. The number of H-pyrrole nitrogens is 1. The Morgan fingerprint density at radius 1 is 1.21 bits per heavy atom. The summed E-state index contributed by atoms with van der Waals surface area (Å²) in [7, 11) is 4.10. The van der Waals surface area contributed by atoms with Crippen LogP contribution in [-0.4, -0.2) is 53.9 Å². The number of rotatable bonds is 6. The van der Waals surface area contributed by atoms with Gasteiger partial charge in [0, 0.05) is 12.2 Å². The van der Waals surface area contributed by atoms with Crippen LogP contribution in [-0.2, 0) is 0 Å². The van der Waals surface area contributed by atoms with Gasteiger partial charge in [0.25, 0.3) is 0 Å². The van der Waals surface area contributed by atoms with Crippen LogP contribution in [0.2, 0.25) is 0 Å². The van der Waals surface area contributed by atoms with E-state index in [1.54, 1.807) is 11.2 Å². The lowest BCUT2D eigenvalue weighted by Gasteiger charge is -2.24. The van der Waals surface area contributed by atoms with Gasteiger partial charge in [-0.05, 0) is 57.7 Å². The third-order valence-corrected chi connectivity index (χ3v) is 5.06. The van der Waals surface area contributed by atoms with Crippen LogP contribution in [0.5, 0.6) is 0 Å². The monoisotopic (exact) mass is 390 g/mol. The molecule has 2 aromatic carbocycles. The Morgan fingerprint density at radius 2 is 2.07 bits per heavy atom. The normalized spacial score (nSPS) is 18.2. The molecule has 0 bridgehead atoms. The molecule has 0 aliphatic carbocycles. The number of aryl methyl sites for hydroxylation is 1. The van der Waals surface area contributed by atoms with E-state index >= 15 is 0 Å². The second kappa shape index (κ2) is 8.05. The molecule has 0 radical (unpaired) electrons. The molecule has 29 heavy (non-hydrogen) atoms. The first-order chi connectivity index (χ1) is 14.0. The van der Waals surface area contributed by atoms with Gasteiger partial charge in [-0.3, -0.25) is 15.2 Å². The number of nitrogens with one attached hydrogen (secondary N) is 2. The minimum absolute atomic E-state index is 0.169. The summed E-state index contributed by atoms with van der Waals surface area (Å²) in [5.41, 5.74) is 4.76. The number of aliphatic imine (C=N–C) groups is 1. The Kier molecular flexibility index (Phi) is 5.31. The Labute approximate surface area is 170 Å². The maximum absolute atomic E-state index is 13.0. The van der Waals surface area contributed by atoms with Gasteiger partial charge in [0.1, 0.15) is 11.9 Å². The number of anilines is 1. The summed E-state index contributed by atoms with van der Waals surface area (Å²) in [5.74, 6) is 0.696. The molecule has 150 valence electrons. The molecular formula is C22H26N6O. The van der Waals surface area contributed by atoms with E-state index in [0.29, 0.717) is 12.4 Å². The fourth-order valence-corrected chi connectivity index (χ4v) is 3.67. The van der Waals surface area contributed by atoms with Crippen molar-refractivity contribution in [3.63, 3.8) is 0 Å². The number of nitrogens with zero attached hydrogens (tertiary/aromatic N) is 4. The zero-order chi connectivity index (χ0) is 20.4. The first-order valence-corrected chi connectivity index (χ1v) is 9.82. The smallest absolute Gasteiger partial charge is 0.328 e. The summed E-state index contributed by atoms with van der Waals surface area (Å²) < 4.78 is 0. The topological polar surface area (TPSA) is 76.6 Å². The molecule has 1 unspecified atom stereocenters. The molecule has 1 aliphatic heterocycles. The van der Waals surface area contributed by atoms with Crippen LogP contribution in [0.4, 0.5) is 10.5 Å². The molecule has 1 aromatic heterocycles. The fourth-order valence-electron chi connectivity index (χ4n) is 3.67. The summed E-state index contributed by atoms with van der Waals surface area (Å²) in [4.78, 5) is 29.1. The van der Waals surface area contributed by atoms with E-state index in [4.69, 9.17) is 4.99 Å². The summed E-state index contributed by atoms with van der Waals surface area (Å²) in [6.07, 6.45) is 2.60. The summed E-state index contributed by atoms with van der Waals surface area (Å²) >= 11 is 0. The van der Waals surface area contributed by atoms with Gasteiger partial charge in [-0.2, -0.15) is 0 Å². The van der Waals surface area contributed by atoms with Crippen LogP contribution < -0.4 is 10.2 Å². The van der Waals surface area contributed by atoms with Gasteiger partial charge in [0.05, 0.1) is 17.4 Å². The van der Waals surface area contributed by atoms with Crippen LogP contribution in [0.3, 0.4) is 0 Å². The first kappa shape index (κ1) is 19.1. The van der Waals surface area contributed by atoms with Crippen molar-refractivity contribution in [2.24, 2.45) is 4.99 Å². The number of benzene rings is 2. The Balaban J connectivity index is 1.71. The minimum atomic E-state index is -0.279. The SMILES string of the molecule is Cc1cccc(C2/C(=N/CCCN(C)C)NC(=O)N2c2ccc3[nH]cnc3c2)c1. The highest BCUT2D eigenvalue weighted by molar-refractivity contribution is 6.16. The van der Waals surface area contributed by atoms with Crippen LogP contribution >= 0.6 is 0 Å². The van der Waals surface area contributed by atoms with Crippen LogP contribution in [0, 0.1) is 6.92 Å². The number of amidine groups is 1. The molecule has 1 saturated heterocycles. The third kappa shape index (κ3) is 4.00. The lowest BCUT2D eigenvalue weighted by Crippen LogP contribution is -2.29.